The zero-order chi connectivity index (χ0) is 19.1. The van der Waals surface area contributed by atoms with E-state index in [0.29, 0.717) is 19.6 Å². The molecule has 0 radical (unpaired) electrons. The van der Waals surface area contributed by atoms with Gasteiger partial charge in [-0.25, -0.2) is 4.79 Å². The third-order valence-electron chi connectivity index (χ3n) is 4.94. The third kappa shape index (κ3) is 5.21. The average molecular weight is 361 g/mol. The Morgan fingerprint density at radius 1 is 1.31 bits per heavy atom. The number of benzene rings is 1. The minimum atomic E-state index is -0.505. The predicted molar refractivity (Wildman–Crippen MR) is 101 cm³/mol. The molecule has 0 saturated carbocycles. The van der Waals surface area contributed by atoms with Crippen LogP contribution < -0.4 is 5.73 Å². The molecular formula is C20H31N3O3. The summed E-state index contributed by atoms with van der Waals surface area (Å²) in [6.45, 7) is 7.85. The van der Waals surface area contributed by atoms with Crippen molar-refractivity contribution in [2.45, 2.75) is 52.3 Å². The molecule has 1 aromatic rings. The van der Waals surface area contributed by atoms with Gasteiger partial charge < -0.3 is 20.3 Å². The molecule has 1 saturated heterocycles. The number of rotatable bonds is 7. The first-order valence-electron chi connectivity index (χ1n) is 9.45. The van der Waals surface area contributed by atoms with Crippen LogP contribution in [0.25, 0.3) is 0 Å². The van der Waals surface area contributed by atoms with Gasteiger partial charge in [-0.1, -0.05) is 44.2 Å². The summed E-state index contributed by atoms with van der Waals surface area (Å²) in [4.78, 5) is 28.6. The summed E-state index contributed by atoms with van der Waals surface area (Å²) in [5.41, 5.74) is 6.98. The maximum Gasteiger partial charge on any atom is 0.410 e. The normalized spacial score (nSPS) is 18.0. The van der Waals surface area contributed by atoms with Crippen LogP contribution in [-0.2, 0) is 16.1 Å². The van der Waals surface area contributed by atoms with Crippen molar-refractivity contribution in [1.29, 1.82) is 0 Å². The highest BCUT2D eigenvalue weighted by atomic mass is 16.6. The number of amides is 2. The van der Waals surface area contributed by atoms with Crippen molar-refractivity contribution < 1.29 is 14.3 Å². The van der Waals surface area contributed by atoms with Crippen molar-refractivity contribution in [2.24, 2.45) is 11.7 Å². The Morgan fingerprint density at radius 3 is 2.62 bits per heavy atom. The average Bonchev–Trinajstić information content (AvgIpc) is 3.12. The van der Waals surface area contributed by atoms with E-state index in [1.807, 2.05) is 51.1 Å². The summed E-state index contributed by atoms with van der Waals surface area (Å²) < 4.78 is 5.46. The summed E-state index contributed by atoms with van der Waals surface area (Å²) in [6.07, 6.45) is 1.49. The summed E-state index contributed by atoms with van der Waals surface area (Å²) in [5.74, 6) is 0.0408. The van der Waals surface area contributed by atoms with E-state index in [9.17, 15) is 9.59 Å². The Labute approximate surface area is 156 Å². The first kappa shape index (κ1) is 20.2. The number of nitrogens with zero attached hydrogens (tertiary/aromatic N) is 2. The molecule has 0 unspecified atom stereocenters. The molecule has 26 heavy (non-hydrogen) atoms. The standard InChI is InChI=1S/C20H31N3O3/c1-4-22(19(24)18(21)15(2)3)13-17-11-8-12-23(17)20(25)26-14-16-9-6-5-7-10-16/h5-7,9-10,15,17-18H,4,8,11-14,21H2,1-3H3/t17-,18+/m1/s1. The van der Waals surface area contributed by atoms with E-state index < -0.39 is 6.04 Å². The van der Waals surface area contributed by atoms with Crippen LogP contribution in [0.5, 0.6) is 0 Å². The SMILES string of the molecule is CCN(C[C@H]1CCCN1C(=O)OCc1ccccc1)C(=O)[C@@H](N)C(C)C. The minimum Gasteiger partial charge on any atom is -0.445 e. The van der Waals surface area contributed by atoms with Crippen LogP contribution in [0.2, 0.25) is 0 Å². The summed E-state index contributed by atoms with van der Waals surface area (Å²) in [6, 6.07) is 9.12. The smallest absolute Gasteiger partial charge is 0.410 e. The van der Waals surface area contributed by atoms with Gasteiger partial charge in [0.1, 0.15) is 6.61 Å². The fourth-order valence-electron chi connectivity index (χ4n) is 3.19. The van der Waals surface area contributed by atoms with E-state index in [2.05, 4.69) is 0 Å². The molecule has 1 fully saturated rings. The lowest BCUT2D eigenvalue weighted by Gasteiger charge is -2.32. The Kier molecular flexibility index (Phi) is 7.45. The summed E-state index contributed by atoms with van der Waals surface area (Å²) in [5, 5.41) is 0. The maximum atomic E-state index is 12.6. The van der Waals surface area contributed by atoms with E-state index in [1.54, 1.807) is 9.80 Å². The lowest BCUT2D eigenvalue weighted by Crippen LogP contribution is -2.51. The molecule has 144 valence electrons. The first-order chi connectivity index (χ1) is 12.4. The molecule has 0 aliphatic carbocycles. The molecule has 0 bridgehead atoms. The van der Waals surface area contributed by atoms with Gasteiger partial charge in [0.25, 0.3) is 0 Å². The van der Waals surface area contributed by atoms with Crippen molar-refractivity contribution in [2.75, 3.05) is 19.6 Å². The summed E-state index contributed by atoms with van der Waals surface area (Å²) in [7, 11) is 0. The van der Waals surface area contributed by atoms with Crippen LogP contribution in [0, 0.1) is 5.92 Å². The molecule has 0 spiro atoms. The molecule has 1 aliphatic rings. The first-order valence-corrected chi connectivity index (χ1v) is 9.45. The molecule has 2 amide bonds. The molecule has 1 heterocycles. The quantitative estimate of drug-likeness (QED) is 0.810. The van der Waals surface area contributed by atoms with E-state index in [1.165, 1.54) is 0 Å². The number of hydrogen-bond donors (Lipinski definition) is 1. The fraction of sp³-hybridized carbons (Fsp3) is 0.600. The maximum absolute atomic E-state index is 12.6. The zero-order valence-corrected chi connectivity index (χ0v) is 16.1. The van der Waals surface area contributed by atoms with Gasteiger partial charge in [-0.3, -0.25) is 4.79 Å². The monoisotopic (exact) mass is 361 g/mol. The second kappa shape index (κ2) is 9.57. The van der Waals surface area contributed by atoms with Crippen LogP contribution in [0.3, 0.4) is 0 Å². The molecule has 2 N–H and O–H groups in total. The Balaban J connectivity index is 1.93. The Morgan fingerprint density at radius 2 is 2.00 bits per heavy atom. The van der Waals surface area contributed by atoms with E-state index in [0.717, 1.165) is 18.4 Å². The van der Waals surface area contributed by atoms with E-state index in [4.69, 9.17) is 10.5 Å². The van der Waals surface area contributed by atoms with Gasteiger partial charge in [0.15, 0.2) is 0 Å². The zero-order valence-electron chi connectivity index (χ0n) is 16.1. The van der Waals surface area contributed by atoms with Gasteiger partial charge >= 0.3 is 6.09 Å². The van der Waals surface area contributed by atoms with Gasteiger partial charge in [-0.05, 0) is 31.2 Å². The van der Waals surface area contributed by atoms with Crippen molar-refractivity contribution >= 4 is 12.0 Å². The summed E-state index contributed by atoms with van der Waals surface area (Å²) >= 11 is 0. The van der Waals surface area contributed by atoms with Gasteiger partial charge in [0.05, 0.1) is 12.1 Å². The minimum absolute atomic E-state index is 0.0125. The number of ether oxygens (including phenoxy) is 1. The number of nitrogens with two attached hydrogens (primary N) is 1. The number of likely N-dealkylation sites (N-methyl/N-ethyl adjacent to an activating group) is 1. The number of carbonyl (C=O) groups excluding carboxylic acids is 2. The van der Waals surface area contributed by atoms with Gasteiger partial charge in [-0.2, -0.15) is 0 Å². The highest BCUT2D eigenvalue weighted by molar-refractivity contribution is 5.82. The lowest BCUT2D eigenvalue weighted by molar-refractivity contribution is -0.134. The number of hydrogen-bond acceptors (Lipinski definition) is 4. The van der Waals surface area contributed by atoms with Crippen LogP contribution in [-0.4, -0.2) is 53.5 Å². The van der Waals surface area contributed by atoms with Crippen LogP contribution in [0.1, 0.15) is 39.2 Å². The molecule has 1 aromatic carbocycles. The van der Waals surface area contributed by atoms with E-state index >= 15 is 0 Å². The molecule has 0 aromatic heterocycles. The van der Waals surface area contributed by atoms with Crippen LogP contribution in [0.15, 0.2) is 30.3 Å². The highest BCUT2D eigenvalue weighted by Crippen LogP contribution is 2.20. The largest absolute Gasteiger partial charge is 0.445 e. The molecule has 1 aliphatic heterocycles. The van der Waals surface area contributed by atoms with Gasteiger partial charge in [0.2, 0.25) is 5.91 Å². The van der Waals surface area contributed by atoms with Gasteiger partial charge in [0, 0.05) is 19.6 Å². The van der Waals surface area contributed by atoms with Crippen molar-refractivity contribution in [3.05, 3.63) is 35.9 Å². The molecule has 2 atom stereocenters. The van der Waals surface area contributed by atoms with Crippen molar-refractivity contribution in [3.63, 3.8) is 0 Å². The third-order valence-corrected chi connectivity index (χ3v) is 4.94. The molecule has 6 heteroatoms. The second-order valence-electron chi connectivity index (χ2n) is 7.18. The second-order valence-corrected chi connectivity index (χ2v) is 7.18. The number of carbonyl (C=O) groups is 2. The topological polar surface area (TPSA) is 75.9 Å². The van der Waals surface area contributed by atoms with E-state index in [-0.39, 0.29) is 30.6 Å². The predicted octanol–water partition coefficient (Wildman–Crippen LogP) is 2.62. The molecular weight excluding hydrogens is 330 g/mol. The fourth-order valence-corrected chi connectivity index (χ4v) is 3.19. The van der Waals surface area contributed by atoms with Crippen LogP contribution >= 0.6 is 0 Å². The Bertz CT molecular complexity index is 591. The molecule has 6 nitrogen and oxygen atoms in total. The van der Waals surface area contributed by atoms with Crippen molar-refractivity contribution in [3.8, 4) is 0 Å². The number of likely N-dealkylation sites (tertiary alicyclic amines) is 1. The van der Waals surface area contributed by atoms with Crippen LogP contribution in [0.4, 0.5) is 4.79 Å². The molecule has 2 rings (SSSR count). The lowest BCUT2D eigenvalue weighted by atomic mass is 10.0. The van der Waals surface area contributed by atoms with Gasteiger partial charge in [-0.15, -0.1) is 0 Å². The highest BCUT2D eigenvalue weighted by Gasteiger charge is 2.33. The Hall–Kier alpha value is -2.08. The van der Waals surface area contributed by atoms with Crippen molar-refractivity contribution in [1.82, 2.24) is 9.80 Å².